The van der Waals surface area contributed by atoms with Crippen LogP contribution in [-0.2, 0) is 4.79 Å². The fraction of sp³-hybridized carbons (Fsp3) is 0.375. The highest BCUT2D eigenvalue weighted by Crippen LogP contribution is 2.46. The molecule has 0 amide bonds. The van der Waals surface area contributed by atoms with Crippen LogP contribution >= 0.6 is 0 Å². The SMILES string of the molecule is CCCCC1=C(C(=O)O)C(c2ccc3c(c2)OCO3)Oc2ccc(C(C)C)cc21. The van der Waals surface area contributed by atoms with Gasteiger partial charge >= 0.3 is 5.97 Å². The molecule has 4 rings (SSSR count). The van der Waals surface area contributed by atoms with Crippen molar-refractivity contribution in [3.8, 4) is 17.2 Å². The number of ether oxygens (including phenoxy) is 3. The average molecular weight is 394 g/mol. The Kier molecular flexibility index (Phi) is 5.22. The summed E-state index contributed by atoms with van der Waals surface area (Å²) in [6, 6.07) is 11.6. The van der Waals surface area contributed by atoms with Gasteiger partial charge in [0.25, 0.3) is 0 Å². The van der Waals surface area contributed by atoms with Gasteiger partial charge in [0.1, 0.15) is 5.75 Å². The van der Waals surface area contributed by atoms with Crippen LogP contribution in [0.2, 0.25) is 0 Å². The van der Waals surface area contributed by atoms with E-state index in [2.05, 4.69) is 32.9 Å². The number of carbonyl (C=O) groups is 1. The summed E-state index contributed by atoms with van der Waals surface area (Å²) in [4.78, 5) is 12.4. The zero-order chi connectivity index (χ0) is 20.5. The molecule has 0 saturated heterocycles. The molecule has 2 aromatic carbocycles. The van der Waals surface area contributed by atoms with Gasteiger partial charge in [-0.15, -0.1) is 0 Å². The third-order valence-electron chi connectivity index (χ3n) is 5.54. The van der Waals surface area contributed by atoms with Gasteiger partial charge in [0, 0.05) is 11.1 Å². The Morgan fingerprint density at radius 2 is 1.86 bits per heavy atom. The maximum Gasteiger partial charge on any atom is 0.336 e. The minimum absolute atomic E-state index is 0.175. The number of benzene rings is 2. The fourth-order valence-electron chi connectivity index (χ4n) is 3.91. The van der Waals surface area contributed by atoms with Crippen molar-refractivity contribution in [2.45, 2.75) is 52.1 Å². The second-order valence-electron chi connectivity index (χ2n) is 7.82. The molecule has 5 nitrogen and oxygen atoms in total. The molecule has 0 aliphatic carbocycles. The zero-order valence-electron chi connectivity index (χ0n) is 17.0. The molecule has 2 aliphatic rings. The van der Waals surface area contributed by atoms with E-state index in [4.69, 9.17) is 14.2 Å². The summed E-state index contributed by atoms with van der Waals surface area (Å²) in [5, 5.41) is 10.1. The van der Waals surface area contributed by atoms with Crippen molar-refractivity contribution in [1.82, 2.24) is 0 Å². The predicted molar refractivity (Wildman–Crippen MR) is 111 cm³/mol. The van der Waals surface area contributed by atoms with Crippen LogP contribution in [0, 0.1) is 0 Å². The molecule has 1 atom stereocenters. The summed E-state index contributed by atoms with van der Waals surface area (Å²) in [7, 11) is 0. The zero-order valence-corrected chi connectivity index (χ0v) is 17.0. The quantitative estimate of drug-likeness (QED) is 0.681. The van der Waals surface area contributed by atoms with Crippen molar-refractivity contribution in [3.05, 3.63) is 58.7 Å². The van der Waals surface area contributed by atoms with Crippen molar-refractivity contribution in [2.24, 2.45) is 0 Å². The standard InChI is InChI=1S/C24H26O5/c1-4-5-6-17-18-11-15(14(2)3)7-9-19(18)29-23(22(17)24(25)26)16-8-10-20-21(12-16)28-13-27-20/h7-12,14,23H,4-6,13H2,1-3H3,(H,25,26). The van der Waals surface area contributed by atoms with E-state index in [1.54, 1.807) is 0 Å². The van der Waals surface area contributed by atoms with Crippen LogP contribution < -0.4 is 14.2 Å². The first kappa shape index (κ1) is 19.4. The molecule has 2 aliphatic heterocycles. The van der Waals surface area contributed by atoms with Gasteiger partial charge in [-0.3, -0.25) is 0 Å². The molecule has 1 N–H and O–H groups in total. The van der Waals surface area contributed by atoms with Crippen molar-refractivity contribution >= 4 is 11.5 Å². The lowest BCUT2D eigenvalue weighted by atomic mass is 9.85. The monoisotopic (exact) mass is 394 g/mol. The number of unbranched alkanes of at least 4 members (excludes halogenated alkanes) is 1. The topological polar surface area (TPSA) is 65.0 Å². The fourth-order valence-corrected chi connectivity index (χ4v) is 3.91. The Balaban J connectivity index is 1.86. The largest absolute Gasteiger partial charge is 0.480 e. The third kappa shape index (κ3) is 3.57. The van der Waals surface area contributed by atoms with Crippen LogP contribution in [0.5, 0.6) is 17.2 Å². The number of carboxylic acids is 1. The lowest BCUT2D eigenvalue weighted by Crippen LogP contribution is -2.23. The van der Waals surface area contributed by atoms with Crippen LogP contribution in [0.3, 0.4) is 0 Å². The van der Waals surface area contributed by atoms with Crippen molar-refractivity contribution in [3.63, 3.8) is 0 Å². The molecule has 1 unspecified atom stereocenters. The summed E-state index contributed by atoms with van der Waals surface area (Å²) < 4.78 is 17.1. The molecule has 0 fully saturated rings. The predicted octanol–water partition coefficient (Wildman–Crippen LogP) is 5.70. The van der Waals surface area contributed by atoms with Gasteiger partial charge in [-0.05, 0) is 54.2 Å². The molecule has 2 aromatic rings. The summed E-state index contributed by atoms with van der Waals surface area (Å²) in [5.74, 6) is 1.42. The number of aliphatic carboxylic acids is 1. The van der Waals surface area contributed by atoms with Crippen molar-refractivity contribution in [2.75, 3.05) is 6.79 Å². The first-order valence-corrected chi connectivity index (χ1v) is 10.2. The smallest absolute Gasteiger partial charge is 0.336 e. The Morgan fingerprint density at radius 3 is 2.59 bits per heavy atom. The van der Waals surface area contributed by atoms with E-state index in [0.29, 0.717) is 29.4 Å². The van der Waals surface area contributed by atoms with Crippen LogP contribution in [0.1, 0.15) is 68.7 Å². The molecule has 0 aromatic heterocycles. The molecule has 2 heterocycles. The second-order valence-corrected chi connectivity index (χ2v) is 7.82. The highest BCUT2D eigenvalue weighted by Gasteiger charge is 2.35. The normalized spacial score (nSPS) is 17.3. The van der Waals surface area contributed by atoms with Gasteiger partial charge in [-0.2, -0.15) is 0 Å². The number of fused-ring (bicyclic) bond motifs is 2. The van der Waals surface area contributed by atoms with E-state index in [-0.39, 0.29) is 6.79 Å². The summed E-state index contributed by atoms with van der Waals surface area (Å²) in [5.41, 5.74) is 4.00. The molecular weight excluding hydrogens is 368 g/mol. The van der Waals surface area contributed by atoms with Gasteiger partial charge in [-0.1, -0.05) is 39.3 Å². The Labute approximate surface area is 170 Å². The van der Waals surface area contributed by atoms with Gasteiger partial charge in [0.05, 0.1) is 5.57 Å². The molecule has 0 radical (unpaired) electrons. The van der Waals surface area contributed by atoms with Crippen LogP contribution in [0.25, 0.3) is 5.57 Å². The van der Waals surface area contributed by atoms with E-state index in [0.717, 1.165) is 35.3 Å². The molecule has 0 saturated carbocycles. The molecular formula is C24H26O5. The van der Waals surface area contributed by atoms with E-state index in [9.17, 15) is 9.90 Å². The van der Waals surface area contributed by atoms with E-state index in [1.165, 1.54) is 5.56 Å². The lowest BCUT2D eigenvalue weighted by Gasteiger charge is -2.30. The summed E-state index contributed by atoms with van der Waals surface area (Å²) in [6.45, 7) is 6.55. The van der Waals surface area contributed by atoms with Crippen molar-refractivity contribution < 1.29 is 24.1 Å². The highest BCUT2D eigenvalue weighted by atomic mass is 16.7. The van der Waals surface area contributed by atoms with E-state index >= 15 is 0 Å². The third-order valence-corrected chi connectivity index (χ3v) is 5.54. The Bertz CT molecular complexity index is 973. The molecule has 29 heavy (non-hydrogen) atoms. The average Bonchev–Trinajstić information content (AvgIpc) is 3.18. The Hall–Kier alpha value is -2.95. The number of hydrogen-bond donors (Lipinski definition) is 1. The number of hydrogen-bond acceptors (Lipinski definition) is 4. The van der Waals surface area contributed by atoms with Crippen LogP contribution in [0.15, 0.2) is 42.0 Å². The maximum atomic E-state index is 12.4. The highest BCUT2D eigenvalue weighted by molar-refractivity contribution is 5.99. The van der Waals surface area contributed by atoms with Gasteiger partial charge in [0.15, 0.2) is 17.6 Å². The minimum atomic E-state index is -0.945. The molecule has 0 bridgehead atoms. The molecule has 0 spiro atoms. The van der Waals surface area contributed by atoms with Gasteiger partial charge in [0.2, 0.25) is 6.79 Å². The first-order chi connectivity index (χ1) is 14.0. The first-order valence-electron chi connectivity index (χ1n) is 10.2. The van der Waals surface area contributed by atoms with Crippen LogP contribution in [-0.4, -0.2) is 17.9 Å². The minimum Gasteiger partial charge on any atom is -0.480 e. The van der Waals surface area contributed by atoms with Gasteiger partial charge < -0.3 is 19.3 Å². The molecule has 5 heteroatoms. The maximum absolute atomic E-state index is 12.4. The van der Waals surface area contributed by atoms with Gasteiger partial charge in [-0.25, -0.2) is 4.79 Å². The van der Waals surface area contributed by atoms with E-state index in [1.807, 2.05) is 24.3 Å². The molecule has 152 valence electrons. The number of carboxylic acid groups (broad SMARTS) is 1. The van der Waals surface area contributed by atoms with Crippen LogP contribution in [0.4, 0.5) is 0 Å². The summed E-state index contributed by atoms with van der Waals surface area (Å²) >= 11 is 0. The lowest BCUT2D eigenvalue weighted by molar-refractivity contribution is -0.133. The second kappa shape index (κ2) is 7.82. The number of rotatable bonds is 6. The van der Waals surface area contributed by atoms with Crippen molar-refractivity contribution in [1.29, 1.82) is 0 Å². The number of allylic oxidation sites excluding steroid dienone is 1. The summed E-state index contributed by atoms with van der Waals surface area (Å²) in [6.07, 6.45) is 1.93. The van der Waals surface area contributed by atoms with E-state index < -0.39 is 12.1 Å². The Morgan fingerprint density at radius 1 is 1.10 bits per heavy atom.